The number of alkyl halides is 3. The van der Waals surface area contributed by atoms with Gasteiger partial charge < -0.3 is 14.6 Å². The highest BCUT2D eigenvalue weighted by atomic mass is 19.4. The Morgan fingerprint density at radius 2 is 2.00 bits per heavy atom. The van der Waals surface area contributed by atoms with Crippen molar-refractivity contribution in [2.45, 2.75) is 43.6 Å². The molecule has 0 unspecified atom stereocenters. The lowest BCUT2D eigenvalue weighted by molar-refractivity contribution is -0.141. The molecule has 2 fully saturated rings. The van der Waals surface area contributed by atoms with Crippen molar-refractivity contribution < 1.29 is 26.8 Å². The van der Waals surface area contributed by atoms with Gasteiger partial charge in [-0.1, -0.05) is 6.07 Å². The molecule has 2 bridgehead atoms. The molecule has 1 N–H and O–H groups in total. The van der Waals surface area contributed by atoms with E-state index in [0.717, 1.165) is 12.6 Å². The zero-order chi connectivity index (χ0) is 22.5. The van der Waals surface area contributed by atoms with Crippen molar-refractivity contribution in [2.24, 2.45) is 0 Å². The molecule has 3 atom stereocenters. The smallest absolute Gasteiger partial charge is 0.434 e. The molecular formula is C21H17F4N5O2. The first-order valence-corrected chi connectivity index (χ1v) is 10.00. The fourth-order valence-corrected chi connectivity index (χ4v) is 4.60. The van der Waals surface area contributed by atoms with E-state index in [1.54, 1.807) is 4.90 Å². The largest absolute Gasteiger partial charge is 0.444 e. The average Bonchev–Trinajstić information content (AvgIpc) is 3.49. The minimum Gasteiger partial charge on any atom is -0.444 e. The van der Waals surface area contributed by atoms with Crippen LogP contribution in [0.15, 0.2) is 47.5 Å². The van der Waals surface area contributed by atoms with Crippen LogP contribution in [0.5, 0.6) is 0 Å². The van der Waals surface area contributed by atoms with E-state index in [1.807, 2.05) is 0 Å². The van der Waals surface area contributed by atoms with E-state index >= 15 is 0 Å². The minimum atomic E-state index is -4.56. The molecule has 166 valence electrons. The highest BCUT2D eigenvalue weighted by molar-refractivity contribution is 6.00. The Hall–Kier alpha value is -3.50. The van der Waals surface area contributed by atoms with Crippen molar-refractivity contribution in [2.75, 3.05) is 5.32 Å². The van der Waals surface area contributed by atoms with Gasteiger partial charge in [-0.2, -0.15) is 13.2 Å². The Kier molecular flexibility index (Phi) is 4.83. The van der Waals surface area contributed by atoms with Gasteiger partial charge in [-0.15, -0.1) is 0 Å². The van der Waals surface area contributed by atoms with Crippen LogP contribution in [0.3, 0.4) is 0 Å². The zero-order valence-electron chi connectivity index (χ0n) is 16.5. The maximum absolute atomic E-state index is 14.6. The van der Waals surface area contributed by atoms with Gasteiger partial charge in [-0.3, -0.25) is 4.79 Å². The number of nitrogens with one attached hydrogen (secondary N) is 1. The summed E-state index contributed by atoms with van der Waals surface area (Å²) in [6.07, 6.45) is 1.93. The number of hydrogen-bond acceptors (Lipinski definition) is 6. The summed E-state index contributed by atoms with van der Waals surface area (Å²) in [4.78, 5) is 26.4. The number of carbonyl (C=O) groups is 1. The molecule has 5 rings (SSSR count). The lowest BCUT2D eigenvalue weighted by Gasteiger charge is -2.26. The molecule has 32 heavy (non-hydrogen) atoms. The van der Waals surface area contributed by atoms with Crippen molar-refractivity contribution in [3.05, 3.63) is 60.1 Å². The molecule has 2 aromatic heterocycles. The number of fused-ring (bicyclic) bond motifs is 2. The topological polar surface area (TPSA) is 84.2 Å². The summed E-state index contributed by atoms with van der Waals surface area (Å²) in [7, 11) is 0. The standard InChI is InChI=1S/C21H17F4N5O2/c22-13-3-1-2-12(18(13)19-26-6-7-32-19)20(31)30-11-4-5-15(30)14(8-11)29-17-10-27-16(9-28-17)21(23,24)25/h1-3,6-7,9-11,14-15H,4-5,8H2,(H,28,29)/t11-,14-,15+/m1/s1. The van der Waals surface area contributed by atoms with Crippen molar-refractivity contribution in [1.29, 1.82) is 0 Å². The van der Waals surface area contributed by atoms with Crippen molar-refractivity contribution in [3.8, 4) is 11.5 Å². The van der Waals surface area contributed by atoms with E-state index < -0.39 is 17.7 Å². The Morgan fingerprint density at radius 3 is 2.69 bits per heavy atom. The van der Waals surface area contributed by atoms with Crippen LogP contribution >= 0.6 is 0 Å². The third-order valence-corrected chi connectivity index (χ3v) is 5.94. The predicted molar refractivity (Wildman–Crippen MR) is 104 cm³/mol. The van der Waals surface area contributed by atoms with Gasteiger partial charge in [-0.25, -0.2) is 19.3 Å². The molecule has 7 nitrogen and oxygen atoms in total. The molecule has 0 aliphatic carbocycles. The van der Waals surface area contributed by atoms with Gasteiger partial charge in [0.05, 0.1) is 41.8 Å². The molecule has 4 heterocycles. The van der Waals surface area contributed by atoms with E-state index in [-0.39, 0.29) is 46.9 Å². The lowest BCUT2D eigenvalue weighted by Crippen LogP contribution is -2.40. The van der Waals surface area contributed by atoms with Crippen LogP contribution in [-0.4, -0.2) is 43.9 Å². The molecule has 0 spiro atoms. The van der Waals surface area contributed by atoms with E-state index in [1.165, 1.54) is 30.7 Å². The van der Waals surface area contributed by atoms with E-state index in [4.69, 9.17) is 4.42 Å². The van der Waals surface area contributed by atoms with Crippen molar-refractivity contribution >= 4 is 11.7 Å². The van der Waals surface area contributed by atoms with Crippen LogP contribution in [0, 0.1) is 5.82 Å². The van der Waals surface area contributed by atoms with Gasteiger partial charge in [0.25, 0.3) is 5.91 Å². The fraction of sp³-hybridized carbons (Fsp3) is 0.333. The summed E-state index contributed by atoms with van der Waals surface area (Å²) in [5.74, 6) is -0.727. The van der Waals surface area contributed by atoms with E-state index in [9.17, 15) is 22.4 Å². The highest BCUT2D eigenvalue weighted by Crippen LogP contribution is 2.41. The molecule has 11 heteroatoms. The molecule has 1 aromatic carbocycles. The molecule has 2 saturated heterocycles. The van der Waals surface area contributed by atoms with E-state index in [2.05, 4.69) is 20.3 Å². The van der Waals surface area contributed by atoms with Crippen molar-refractivity contribution in [1.82, 2.24) is 19.9 Å². The number of hydrogen-bond donors (Lipinski definition) is 1. The van der Waals surface area contributed by atoms with Gasteiger partial charge in [0.1, 0.15) is 17.9 Å². The summed E-state index contributed by atoms with van der Waals surface area (Å²) in [6.45, 7) is 0. The number of rotatable bonds is 4. The van der Waals surface area contributed by atoms with Crippen LogP contribution in [0.2, 0.25) is 0 Å². The number of halogens is 4. The molecule has 2 aliphatic rings. The van der Waals surface area contributed by atoms with Gasteiger partial charge in [0.2, 0.25) is 5.89 Å². The summed E-state index contributed by atoms with van der Waals surface area (Å²) < 4.78 is 57.9. The third kappa shape index (κ3) is 3.47. The second-order valence-corrected chi connectivity index (χ2v) is 7.78. The summed E-state index contributed by atoms with van der Waals surface area (Å²) in [5.41, 5.74) is -0.913. The molecule has 0 saturated carbocycles. The summed E-state index contributed by atoms with van der Waals surface area (Å²) in [6, 6.07) is 3.74. The Morgan fingerprint density at radius 1 is 1.16 bits per heavy atom. The monoisotopic (exact) mass is 447 g/mol. The van der Waals surface area contributed by atoms with Gasteiger partial charge in [0.15, 0.2) is 5.69 Å². The Labute approximate surface area is 179 Å². The predicted octanol–water partition coefficient (Wildman–Crippen LogP) is 4.15. The first kappa shape index (κ1) is 20.4. The zero-order valence-corrected chi connectivity index (χ0v) is 16.5. The number of anilines is 1. The van der Waals surface area contributed by atoms with Crippen LogP contribution in [0.25, 0.3) is 11.5 Å². The van der Waals surface area contributed by atoms with Gasteiger partial charge >= 0.3 is 6.18 Å². The van der Waals surface area contributed by atoms with Crippen LogP contribution in [0.1, 0.15) is 35.3 Å². The maximum Gasteiger partial charge on any atom is 0.434 e. The first-order valence-electron chi connectivity index (χ1n) is 10.00. The number of benzene rings is 1. The normalized spacial score (nSPS) is 22.4. The number of aromatic nitrogens is 3. The Bertz CT molecular complexity index is 1130. The first-order chi connectivity index (χ1) is 15.3. The quantitative estimate of drug-likeness (QED) is 0.605. The second kappa shape index (κ2) is 7.57. The third-order valence-electron chi connectivity index (χ3n) is 5.94. The lowest BCUT2D eigenvalue weighted by atomic mass is 9.95. The van der Waals surface area contributed by atoms with Crippen molar-refractivity contribution in [3.63, 3.8) is 0 Å². The number of nitrogens with zero attached hydrogens (tertiary/aromatic N) is 4. The number of carbonyl (C=O) groups excluding carboxylic acids is 1. The van der Waals surface area contributed by atoms with Crippen LogP contribution in [-0.2, 0) is 6.18 Å². The second-order valence-electron chi connectivity index (χ2n) is 7.78. The van der Waals surface area contributed by atoms with Gasteiger partial charge in [-0.05, 0) is 31.4 Å². The molecule has 2 aliphatic heterocycles. The maximum atomic E-state index is 14.6. The van der Waals surface area contributed by atoms with Crippen LogP contribution in [0.4, 0.5) is 23.4 Å². The van der Waals surface area contributed by atoms with Crippen LogP contribution < -0.4 is 5.32 Å². The Balaban J connectivity index is 1.38. The highest BCUT2D eigenvalue weighted by Gasteiger charge is 2.49. The minimum absolute atomic E-state index is 0.00640. The molecule has 1 amide bonds. The summed E-state index contributed by atoms with van der Waals surface area (Å²) >= 11 is 0. The molecule has 0 radical (unpaired) electrons. The SMILES string of the molecule is O=C(c1cccc(F)c1-c1ncco1)N1[C@@H]2CC[C@H]1[C@H](Nc1cnc(C(F)(F)F)cn1)C2. The fourth-order valence-electron chi connectivity index (χ4n) is 4.60. The van der Waals surface area contributed by atoms with E-state index in [0.29, 0.717) is 19.0 Å². The summed E-state index contributed by atoms with van der Waals surface area (Å²) in [5, 5.41) is 3.10. The number of oxazole rings is 1. The number of amides is 1. The molecular weight excluding hydrogens is 430 g/mol. The average molecular weight is 447 g/mol. The molecule has 3 aromatic rings. The van der Waals surface area contributed by atoms with Gasteiger partial charge in [0, 0.05) is 6.04 Å².